The van der Waals surface area contributed by atoms with E-state index in [4.69, 9.17) is 9.84 Å². The van der Waals surface area contributed by atoms with Gasteiger partial charge in [-0.3, -0.25) is 0 Å². The molecule has 0 aliphatic carbocycles. The fraction of sp³-hybridized carbons (Fsp3) is 1.00. The van der Waals surface area contributed by atoms with Crippen LogP contribution in [0.1, 0.15) is 32.1 Å². The van der Waals surface area contributed by atoms with Crippen LogP contribution in [0.3, 0.4) is 0 Å². The van der Waals surface area contributed by atoms with E-state index in [1.165, 1.54) is 45.3 Å². The number of hydrogen-bond donors (Lipinski definition) is 1. The summed E-state index contributed by atoms with van der Waals surface area (Å²) in [5.41, 5.74) is 0. The number of rotatable bonds is 6. The predicted octanol–water partition coefficient (Wildman–Crippen LogP) is 1.19. The molecule has 0 aromatic carbocycles. The quantitative estimate of drug-likeness (QED) is 0.786. The summed E-state index contributed by atoms with van der Waals surface area (Å²) in [4.78, 5) is 5.08. The summed E-state index contributed by atoms with van der Waals surface area (Å²) in [5.74, 6) is 0.859. The highest BCUT2D eigenvalue weighted by Crippen LogP contribution is 2.20. The van der Waals surface area contributed by atoms with Crippen molar-refractivity contribution in [3.05, 3.63) is 0 Å². The molecule has 0 unspecified atom stereocenters. The fourth-order valence-corrected chi connectivity index (χ4v) is 3.34. The summed E-state index contributed by atoms with van der Waals surface area (Å²) in [7, 11) is 2.20. The summed E-state index contributed by atoms with van der Waals surface area (Å²) in [5, 5.41) is 8.89. The van der Waals surface area contributed by atoms with Crippen molar-refractivity contribution in [1.82, 2.24) is 9.80 Å². The number of nitrogens with zero attached hydrogens (tertiary/aromatic N) is 2. The molecule has 0 bridgehead atoms. The van der Waals surface area contributed by atoms with Gasteiger partial charge in [0, 0.05) is 39.0 Å². The van der Waals surface area contributed by atoms with E-state index in [2.05, 4.69) is 16.8 Å². The molecule has 0 radical (unpaired) electrons. The first-order chi connectivity index (χ1) is 9.29. The van der Waals surface area contributed by atoms with E-state index in [9.17, 15) is 0 Å². The first kappa shape index (κ1) is 15.2. The highest BCUT2D eigenvalue weighted by atomic mass is 16.5. The van der Waals surface area contributed by atoms with Gasteiger partial charge in [0.1, 0.15) is 0 Å². The largest absolute Gasteiger partial charge is 0.396 e. The third-order valence-corrected chi connectivity index (χ3v) is 4.71. The van der Waals surface area contributed by atoms with Gasteiger partial charge in [-0.1, -0.05) is 0 Å². The molecule has 4 nitrogen and oxygen atoms in total. The Morgan fingerprint density at radius 1 is 1.16 bits per heavy atom. The minimum Gasteiger partial charge on any atom is -0.396 e. The van der Waals surface area contributed by atoms with E-state index < -0.39 is 0 Å². The summed E-state index contributed by atoms with van der Waals surface area (Å²) >= 11 is 0. The standard InChI is InChI=1S/C15H30N2O2/c1-16(7-2-10-18)15-3-8-17(9-4-15)13-14-5-11-19-12-6-14/h14-15,18H,2-13H2,1H3. The van der Waals surface area contributed by atoms with Crippen LogP contribution >= 0.6 is 0 Å². The zero-order valence-electron chi connectivity index (χ0n) is 12.4. The maximum absolute atomic E-state index is 8.89. The lowest BCUT2D eigenvalue weighted by Crippen LogP contribution is -2.45. The fourth-order valence-electron chi connectivity index (χ4n) is 3.34. The molecule has 2 aliphatic rings. The lowest BCUT2D eigenvalue weighted by atomic mass is 9.97. The summed E-state index contributed by atoms with van der Waals surface area (Å²) in [6.45, 7) is 7.03. The maximum Gasteiger partial charge on any atom is 0.0469 e. The van der Waals surface area contributed by atoms with E-state index in [0.29, 0.717) is 6.61 Å². The molecule has 0 atom stereocenters. The van der Waals surface area contributed by atoms with Gasteiger partial charge in [0.25, 0.3) is 0 Å². The van der Waals surface area contributed by atoms with Crippen molar-refractivity contribution in [1.29, 1.82) is 0 Å². The van der Waals surface area contributed by atoms with Crippen LogP contribution in [0.5, 0.6) is 0 Å². The Bertz CT molecular complexity index is 236. The van der Waals surface area contributed by atoms with Crippen molar-refractivity contribution < 1.29 is 9.84 Å². The number of aliphatic hydroxyl groups is 1. The molecule has 0 saturated carbocycles. The second kappa shape index (κ2) is 8.20. The normalized spacial score (nSPS) is 24.2. The number of aliphatic hydroxyl groups excluding tert-OH is 1. The Morgan fingerprint density at radius 3 is 2.47 bits per heavy atom. The van der Waals surface area contributed by atoms with E-state index in [0.717, 1.165) is 38.1 Å². The smallest absolute Gasteiger partial charge is 0.0469 e. The molecule has 0 spiro atoms. The zero-order valence-corrected chi connectivity index (χ0v) is 12.4. The summed E-state index contributed by atoms with van der Waals surface area (Å²) < 4.78 is 5.43. The minimum atomic E-state index is 0.312. The van der Waals surface area contributed by atoms with E-state index in [1.807, 2.05) is 0 Å². The maximum atomic E-state index is 8.89. The van der Waals surface area contributed by atoms with Gasteiger partial charge in [-0.25, -0.2) is 0 Å². The molecule has 2 heterocycles. The second-order valence-corrected chi connectivity index (χ2v) is 6.15. The average Bonchev–Trinajstić information content (AvgIpc) is 2.46. The number of piperidine rings is 1. The SMILES string of the molecule is CN(CCCO)C1CCN(CC2CCOCC2)CC1. The molecule has 2 fully saturated rings. The molecular formula is C15H30N2O2. The molecule has 0 aromatic rings. The van der Waals surface area contributed by atoms with Crippen LogP contribution in [0.2, 0.25) is 0 Å². The lowest BCUT2D eigenvalue weighted by Gasteiger charge is -2.38. The third-order valence-electron chi connectivity index (χ3n) is 4.71. The third kappa shape index (κ3) is 5.03. The van der Waals surface area contributed by atoms with Crippen LogP contribution in [0.4, 0.5) is 0 Å². The monoisotopic (exact) mass is 270 g/mol. The van der Waals surface area contributed by atoms with Gasteiger partial charge in [0.2, 0.25) is 0 Å². The number of hydrogen-bond acceptors (Lipinski definition) is 4. The van der Waals surface area contributed by atoms with Gasteiger partial charge in [-0.05, 0) is 58.2 Å². The molecule has 0 aromatic heterocycles. The summed E-state index contributed by atoms with van der Waals surface area (Å²) in [6, 6.07) is 0.720. The molecule has 2 rings (SSSR count). The van der Waals surface area contributed by atoms with Crippen molar-refractivity contribution in [2.75, 3.05) is 53.0 Å². The van der Waals surface area contributed by atoms with Crippen LogP contribution < -0.4 is 0 Å². The average molecular weight is 270 g/mol. The number of likely N-dealkylation sites (tertiary alicyclic amines) is 1. The van der Waals surface area contributed by atoms with Gasteiger partial charge in [-0.15, -0.1) is 0 Å². The van der Waals surface area contributed by atoms with E-state index in [-0.39, 0.29) is 0 Å². The molecule has 2 aliphatic heterocycles. The molecule has 2 saturated heterocycles. The lowest BCUT2D eigenvalue weighted by molar-refractivity contribution is 0.0430. The molecular weight excluding hydrogens is 240 g/mol. The Labute approximate surface area is 117 Å². The zero-order chi connectivity index (χ0) is 13.5. The van der Waals surface area contributed by atoms with Gasteiger partial charge < -0.3 is 19.6 Å². The number of ether oxygens (including phenoxy) is 1. The van der Waals surface area contributed by atoms with Crippen LogP contribution in [-0.2, 0) is 4.74 Å². The summed E-state index contributed by atoms with van der Waals surface area (Å²) in [6.07, 6.45) is 5.96. The Morgan fingerprint density at radius 2 is 1.84 bits per heavy atom. The molecule has 4 heteroatoms. The van der Waals surface area contributed by atoms with Crippen LogP contribution in [0, 0.1) is 5.92 Å². The van der Waals surface area contributed by atoms with Crippen molar-refractivity contribution in [3.8, 4) is 0 Å². The van der Waals surface area contributed by atoms with Crippen molar-refractivity contribution >= 4 is 0 Å². The van der Waals surface area contributed by atoms with Crippen molar-refractivity contribution in [3.63, 3.8) is 0 Å². The Kier molecular flexibility index (Phi) is 6.57. The Hall–Kier alpha value is -0.160. The van der Waals surface area contributed by atoms with Crippen molar-refractivity contribution in [2.24, 2.45) is 5.92 Å². The first-order valence-electron chi connectivity index (χ1n) is 7.91. The molecule has 0 amide bonds. The Balaban J connectivity index is 1.64. The molecule has 1 N–H and O–H groups in total. The van der Waals surface area contributed by atoms with Crippen LogP contribution in [0.15, 0.2) is 0 Å². The van der Waals surface area contributed by atoms with E-state index in [1.54, 1.807) is 0 Å². The van der Waals surface area contributed by atoms with Crippen molar-refractivity contribution in [2.45, 2.75) is 38.1 Å². The minimum absolute atomic E-state index is 0.312. The highest BCUT2D eigenvalue weighted by Gasteiger charge is 2.24. The van der Waals surface area contributed by atoms with Gasteiger partial charge in [0.05, 0.1) is 0 Å². The van der Waals surface area contributed by atoms with Gasteiger partial charge in [-0.2, -0.15) is 0 Å². The van der Waals surface area contributed by atoms with E-state index >= 15 is 0 Å². The first-order valence-corrected chi connectivity index (χ1v) is 7.91. The van der Waals surface area contributed by atoms with Crippen LogP contribution in [0.25, 0.3) is 0 Å². The highest BCUT2D eigenvalue weighted by molar-refractivity contribution is 4.80. The topological polar surface area (TPSA) is 35.9 Å². The van der Waals surface area contributed by atoms with Gasteiger partial charge >= 0.3 is 0 Å². The molecule has 19 heavy (non-hydrogen) atoms. The second-order valence-electron chi connectivity index (χ2n) is 6.15. The predicted molar refractivity (Wildman–Crippen MR) is 77.3 cm³/mol. The van der Waals surface area contributed by atoms with Crippen LogP contribution in [-0.4, -0.2) is 74.0 Å². The van der Waals surface area contributed by atoms with Gasteiger partial charge in [0.15, 0.2) is 0 Å². The molecule has 112 valence electrons.